The van der Waals surface area contributed by atoms with E-state index in [2.05, 4.69) is 10.4 Å². The number of carbonyl (C=O) groups is 2. The van der Waals surface area contributed by atoms with E-state index in [1.54, 1.807) is 21.8 Å². The van der Waals surface area contributed by atoms with Gasteiger partial charge in [-0.1, -0.05) is 11.8 Å². The van der Waals surface area contributed by atoms with Crippen molar-refractivity contribution in [2.75, 3.05) is 24.2 Å². The second-order valence-electron chi connectivity index (χ2n) is 4.34. The highest BCUT2D eigenvalue weighted by Crippen LogP contribution is 2.17. The van der Waals surface area contributed by atoms with E-state index in [0.717, 1.165) is 5.75 Å². The van der Waals surface area contributed by atoms with E-state index in [4.69, 9.17) is 0 Å². The van der Waals surface area contributed by atoms with Crippen molar-refractivity contribution in [1.29, 1.82) is 0 Å². The van der Waals surface area contributed by atoms with Gasteiger partial charge in [-0.25, -0.2) is 4.68 Å². The Labute approximate surface area is 110 Å². The normalized spacial score (nSPS) is 15.5. The first-order chi connectivity index (χ1) is 8.58. The quantitative estimate of drug-likeness (QED) is 0.900. The lowest BCUT2D eigenvalue weighted by molar-refractivity contribution is -0.116. The van der Waals surface area contributed by atoms with Gasteiger partial charge in [0.15, 0.2) is 0 Å². The third kappa shape index (κ3) is 2.84. The van der Waals surface area contributed by atoms with Crippen LogP contribution in [-0.2, 0) is 4.79 Å². The Bertz CT molecular complexity index is 458. The number of hydrogen-bond acceptors (Lipinski definition) is 4. The second-order valence-corrected chi connectivity index (χ2v) is 5.39. The van der Waals surface area contributed by atoms with Crippen LogP contribution in [0.3, 0.4) is 0 Å². The summed E-state index contributed by atoms with van der Waals surface area (Å²) in [6.45, 7) is 4.72. The lowest BCUT2D eigenvalue weighted by Crippen LogP contribution is -2.33. The summed E-state index contributed by atoms with van der Waals surface area (Å²) < 4.78 is 1.73. The van der Waals surface area contributed by atoms with E-state index in [0.29, 0.717) is 12.4 Å². The molecule has 1 aromatic heterocycles. The first-order valence-corrected chi connectivity index (χ1v) is 6.81. The van der Waals surface area contributed by atoms with Gasteiger partial charge in [0, 0.05) is 24.4 Å². The zero-order valence-electron chi connectivity index (χ0n) is 10.4. The van der Waals surface area contributed by atoms with Gasteiger partial charge in [0.2, 0.25) is 5.91 Å². The molecular weight excluding hydrogens is 252 g/mol. The molecule has 2 heterocycles. The number of nitrogens with one attached hydrogen (secondary N) is 1. The van der Waals surface area contributed by atoms with Crippen LogP contribution in [0.1, 0.15) is 19.9 Å². The van der Waals surface area contributed by atoms with Crippen LogP contribution in [0.4, 0.5) is 10.6 Å². The molecule has 1 N–H and O–H groups in total. The molecule has 0 aromatic carbocycles. The number of hydrogen-bond donors (Lipinski definition) is 1. The molecule has 0 bridgehead atoms. The molecule has 18 heavy (non-hydrogen) atoms. The highest BCUT2D eigenvalue weighted by molar-refractivity contribution is 8.13. The van der Waals surface area contributed by atoms with Gasteiger partial charge in [0.25, 0.3) is 5.24 Å². The summed E-state index contributed by atoms with van der Waals surface area (Å²) in [5.74, 6) is 1.23. The Morgan fingerprint density at radius 2 is 2.39 bits per heavy atom. The number of carbonyl (C=O) groups excluding carboxylic acids is 2. The summed E-state index contributed by atoms with van der Waals surface area (Å²) >= 11 is 1.25. The number of thioether (sulfide) groups is 1. The van der Waals surface area contributed by atoms with Gasteiger partial charge in [-0.05, 0) is 13.8 Å². The van der Waals surface area contributed by atoms with Crippen LogP contribution >= 0.6 is 11.8 Å². The van der Waals surface area contributed by atoms with Crippen molar-refractivity contribution in [3.63, 3.8) is 0 Å². The molecule has 1 aliphatic rings. The van der Waals surface area contributed by atoms with Gasteiger partial charge >= 0.3 is 0 Å². The van der Waals surface area contributed by atoms with Crippen LogP contribution in [0.5, 0.6) is 0 Å². The first kappa shape index (κ1) is 12.9. The molecule has 98 valence electrons. The number of nitrogens with zero attached hydrogens (tertiary/aromatic N) is 3. The number of amides is 2. The minimum absolute atomic E-state index is 0.0254. The maximum absolute atomic E-state index is 11.8. The summed E-state index contributed by atoms with van der Waals surface area (Å²) in [6, 6.07) is 1.93. The molecule has 1 saturated heterocycles. The molecule has 1 aliphatic heterocycles. The summed E-state index contributed by atoms with van der Waals surface area (Å²) in [4.78, 5) is 24.8. The second kappa shape index (κ2) is 5.43. The van der Waals surface area contributed by atoms with Gasteiger partial charge in [-0.2, -0.15) is 5.10 Å². The van der Waals surface area contributed by atoms with Crippen molar-refractivity contribution < 1.29 is 9.59 Å². The minimum Gasteiger partial charge on any atom is -0.323 e. The van der Waals surface area contributed by atoms with E-state index in [1.165, 1.54) is 11.8 Å². The molecule has 2 amide bonds. The average Bonchev–Trinajstić information content (AvgIpc) is 2.89. The van der Waals surface area contributed by atoms with E-state index in [9.17, 15) is 9.59 Å². The maximum Gasteiger partial charge on any atom is 0.282 e. The van der Waals surface area contributed by atoms with Crippen molar-refractivity contribution in [2.24, 2.45) is 0 Å². The highest BCUT2D eigenvalue weighted by Gasteiger charge is 2.23. The summed E-state index contributed by atoms with van der Waals surface area (Å²) in [5.41, 5.74) is 0. The number of aromatic nitrogens is 2. The lowest BCUT2D eigenvalue weighted by Gasteiger charge is -2.15. The van der Waals surface area contributed by atoms with E-state index >= 15 is 0 Å². The van der Waals surface area contributed by atoms with Gasteiger partial charge in [0.05, 0.1) is 6.20 Å². The van der Waals surface area contributed by atoms with Crippen LogP contribution in [0.25, 0.3) is 0 Å². The molecule has 7 heteroatoms. The Kier molecular flexibility index (Phi) is 3.90. The fourth-order valence-electron chi connectivity index (χ4n) is 1.75. The zero-order chi connectivity index (χ0) is 13.1. The van der Waals surface area contributed by atoms with Crippen molar-refractivity contribution in [1.82, 2.24) is 14.7 Å². The molecule has 0 unspecified atom stereocenters. The molecule has 0 atom stereocenters. The molecule has 0 aliphatic carbocycles. The first-order valence-electron chi connectivity index (χ1n) is 5.83. The van der Waals surface area contributed by atoms with Crippen LogP contribution in [0, 0.1) is 0 Å². The smallest absolute Gasteiger partial charge is 0.282 e. The van der Waals surface area contributed by atoms with Crippen molar-refractivity contribution in [3.8, 4) is 0 Å². The van der Waals surface area contributed by atoms with Crippen molar-refractivity contribution in [2.45, 2.75) is 19.9 Å². The van der Waals surface area contributed by atoms with Crippen LogP contribution < -0.4 is 5.32 Å². The van der Waals surface area contributed by atoms with E-state index in [1.807, 2.05) is 13.8 Å². The third-order valence-electron chi connectivity index (χ3n) is 2.61. The van der Waals surface area contributed by atoms with Crippen LogP contribution in [0.2, 0.25) is 0 Å². The molecule has 0 radical (unpaired) electrons. The van der Waals surface area contributed by atoms with E-state index < -0.39 is 0 Å². The maximum atomic E-state index is 11.8. The molecule has 2 rings (SSSR count). The Hall–Kier alpha value is -1.50. The molecule has 6 nitrogen and oxygen atoms in total. The van der Waals surface area contributed by atoms with E-state index in [-0.39, 0.29) is 23.7 Å². The monoisotopic (exact) mass is 268 g/mol. The predicted molar refractivity (Wildman–Crippen MR) is 70.7 cm³/mol. The molecule has 1 fully saturated rings. The molecule has 0 saturated carbocycles. The summed E-state index contributed by atoms with van der Waals surface area (Å²) in [5, 5.41) is 6.89. The van der Waals surface area contributed by atoms with Gasteiger partial charge in [-0.15, -0.1) is 0 Å². The summed E-state index contributed by atoms with van der Waals surface area (Å²) in [7, 11) is 0. The van der Waals surface area contributed by atoms with Gasteiger partial charge in [0.1, 0.15) is 12.4 Å². The van der Waals surface area contributed by atoms with Gasteiger partial charge in [-0.3, -0.25) is 9.59 Å². The summed E-state index contributed by atoms with van der Waals surface area (Å²) in [6.07, 6.45) is 1.65. The Morgan fingerprint density at radius 1 is 1.61 bits per heavy atom. The van der Waals surface area contributed by atoms with Crippen LogP contribution in [-0.4, -0.2) is 44.7 Å². The standard InChI is InChI=1S/C11H16N4O2S/c1-8(2)15-9(3-4-12-15)13-10(16)7-14-5-6-18-11(14)17/h3-4,8H,5-7H2,1-2H3,(H,13,16). The number of rotatable bonds is 4. The minimum atomic E-state index is -0.187. The highest BCUT2D eigenvalue weighted by atomic mass is 32.2. The fraction of sp³-hybridized carbons (Fsp3) is 0.545. The Morgan fingerprint density at radius 3 is 3.00 bits per heavy atom. The zero-order valence-corrected chi connectivity index (χ0v) is 11.2. The fourth-order valence-corrected chi connectivity index (χ4v) is 2.57. The SMILES string of the molecule is CC(C)n1nccc1NC(=O)CN1CCSC1=O. The van der Waals surface area contributed by atoms with Crippen molar-refractivity contribution in [3.05, 3.63) is 12.3 Å². The van der Waals surface area contributed by atoms with Crippen molar-refractivity contribution >= 4 is 28.7 Å². The molecule has 0 spiro atoms. The predicted octanol–water partition coefficient (Wildman–Crippen LogP) is 1.57. The molecular formula is C11H16N4O2S. The Balaban J connectivity index is 1.94. The largest absolute Gasteiger partial charge is 0.323 e. The number of anilines is 1. The van der Waals surface area contributed by atoms with Gasteiger partial charge < -0.3 is 10.2 Å². The molecule has 1 aromatic rings. The third-order valence-corrected chi connectivity index (χ3v) is 3.50. The average molecular weight is 268 g/mol. The topological polar surface area (TPSA) is 67.2 Å². The lowest BCUT2D eigenvalue weighted by atomic mass is 10.4. The van der Waals surface area contributed by atoms with Crippen LogP contribution in [0.15, 0.2) is 12.3 Å².